The minimum Gasteiger partial charge on any atom is -0.504 e. The van der Waals surface area contributed by atoms with Crippen LogP contribution in [0.5, 0.6) is 23.0 Å². The number of rotatable bonds is 0. The number of phenols is 4. The van der Waals surface area contributed by atoms with E-state index < -0.39 is 0 Å². The van der Waals surface area contributed by atoms with E-state index >= 15 is 0 Å². The number of aromatic hydroxyl groups is 4. The number of hydrogen-bond donors (Lipinski definition) is 4. The molecule has 0 spiro atoms. The highest BCUT2D eigenvalue weighted by Crippen LogP contribution is 2.52. The van der Waals surface area contributed by atoms with Gasteiger partial charge in [-0.1, -0.05) is 0 Å². The lowest BCUT2D eigenvalue weighted by atomic mass is 9.85. The number of phenolic OH excluding ortho intramolecular Hbond substituents is 4. The Bertz CT molecular complexity index is 677. The van der Waals surface area contributed by atoms with Crippen LogP contribution in [-0.2, 0) is 12.8 Å². The molecule has 0 heterocycles. The van der Waals surface area contributed by atoms with Gasteiger partial charge in [-0.2, -0.15) is 0 Å². The second-order valence-electron chi connectivity index (χ2n) is 4.68. The van der Waals surface area contributed by atoms with Crippen molar-refractivity contribution < 1.29 is 20.4 Å². The molecule has 0 saturated carbocycles. The zero-order chi connectivity index (χ0) is 14.6. The maximum Gasteiger partial charge on any atom is 0.172 e. The molecule has 0 unspecified atom stereocenters. The molecule has 0 radical (unpaired) electrons. The van der Waals surface area contributed by atoms with Crippen molar-refractivity contribution >= 4 is 31.9 Å². The first-order valence-electron chi connectivity index (χ1n) is 5.88. The quantitative estimate of drug-likeness (QED) is 0.506. The van der Waals surface area contributed by atoms with Gasteiger partial charge in [-0.15, -0.1) is 0 Å². The number of halogens is 2. The molecule has 0 aliphatic heterocycles. The highest BCUT2D eigenvalue weighted by Gasteiger charge is 2.27. The average molecular weight is 402 g/mol. The van der Waals surface area contributed by atoms with Gasteiger partial charge in [-0.05, 0) is 68.0 Å². The lowest BCUT2D eigenvalue weighted by Gasteiger charge is -2.24. The van der Waals surface area contributed by atoms with E-state index in [0.717, 1.165) is 11.1 Å². The summed E-state index contributed by atoms with van der Waals surface area (Å²) in [5, 5.41) is 39.1. The van der Waals surface area contributed by atoms with E-state index in [0.29, 0.717) is 32.9 Å². The third kappa shape index (κ3) is 1.78. The molecule has 20 heavy (non-hydrogen) atoms. The molecule has 3 rings (SSSR count). The topological polar surface area (TPSA) is 80.9 Å². The van der Waals surface area contributed by atoms with Crippen LogP contribution >= 0.6 is 31.9 Å². The largest absolute Gasteiger partial charge is 0.504 e. The standard InChI is InChI=1S/C14H10Br2O4/c15-11-9-5(3-7(17)13(11)19)1-2-6-4-8(18)14(20)12(16)10(6)9/h3-4,17-20H,1-2H2. The second-order valence-corrected chi connectivity index (χ2v) is 6.27. The first-order chi connectivity index (χ1) is 9.41. The van der Waals surface area contributed by atoms with Crippen molar-refractivity contribution in [3.8, 4) is 34.1 Å². The van der Waals surface area contributed by atoms with Crippen LogP contribution in [0.25, 0.3) is 11.1 Å². The third-order valence-corrected chi connectivity index (χ3v) is 5.06. The van der Waals surface area contributed by atoms with Gasteiger partial charge in [-0.25, -0.2) is 0 Å². The zero-order valence-electron chi connectivity index (χ0n) is 10.1. The van der Waals surface area contributed by atoms with Crippen molar-refractivity contribution in [1.82, 2.24) is 0 Å². The van der Waals surface area contributed by atoms with Gasteiger partial charge in [0.25, 0.3) is 0 Å². The summed E-state index contributed by atoms with van der Waals surface area (Å²) in [6, 6.07) is 3.05. The third-order valence-electron chi connectivity index (χ3n) is 3.52. The van der Waals surface area contributed by atoms with Gasteiger partial charge in [0, 0.05) is 11.1 Å². The molecule has 0 fully saturated rings. The molecule has 104 valence electrons. The van der Waals surface area contributed by atoms with Gasteiger partial charge in [0.2, 0.25) is 0 Å². The van der Waals surface area contributed by atoms with Gasteiger partial charge < -0.3 is 20.4 Å². The Labute approximate surface area is 131 Å². The highest BCUT2D eigenvalue weighted by atomic mass is 79.9. The highest BCUT2D eigenvalue weighted by molar-refractivity contribution is 9.11. The smallest absolute Gasteiger partial charge is 0.172 e. The normalized spacial score (nSPS) is 12.9. The molecule has 4 N–H and O–H groups in total. The van der Waals surface area contributed by atoms with Crippen LogP contribution in [0.15, 0.2) is 21.1 Å². The lowest BCUT2D eigenvalue weighted by molar-refractivity contribution is 0.399. The molecular formula is C14H10Br2O4. The van der Waals surface area contributed by atoms with Crippen molar-refractivity contribution in [2.75, 3.05) is 0 Å². The van der Waals surface area contributed by atoms with Crippen molar-refractivity contribution in [3.63, 3.8) is 0 Å². The van der Waals surface area contributed by atoms with E-state index in [4.69, 9.17) is 0 Å². The Morgan fingerprint density at radius 1 is 0.700 bits per heavy atom. The van der Waals surface area contributed by atoms with E-state index in [1.807, 2.05) is 0 Å². The van der Waals surface area contributed by atoms with Crippen LogP contribution in [0, 0.1) is 0 Å². The Hall–Kier alpha value is -1.40. The van der Waals surface area contributed by atoms with Gasteiger partial charge in [0.15, 0.2) is 23.0 Å². The number of fused-ring (bicyclic) bond motifs is 3. The summed E-state index contributed by atoms with van der Waals surface area (Å²) < 4.78 is 0.749. The van der Waals surface area contributed by atoms with Crippen molar-refractivity contribution in [1.29, 1.82) is 0 Å². The predicted octanol–water partition coefficient (Wildman–Crippen LogP) is 3.80. The summed E-state index contributed by atoms with van der Waals surface area (Å²) >= 11 is 6.58. The molecule has 1 aliphatic rings. The fourth-order valence-corrected chi connectivity index (χ4v) is 3.87. The molecule has 2 aromatic carbocycles. The summed E-state index contributed by atoms with van der Waals surface area (Å²) in [5.41, 5.74) is 3.16. The Kier molecular flexibility index (Phi) is 3.10. The maximum absolute atomic E-state index is 9.88. The molecule has 2 aromatic rings. The molecule has 1 aliphatic carbocycles. The van der Waals surface area contributed by atoms with E-state index in [1.54, 1.807) is 0 Å². The minimum absolute atomic E-state index is 0.182. The minimum atomic E-state index is -0.240. The van der Waals surface area contributed by atoms with Gasteiger partial charge in [0.05, 0.1) is 8.95 Å². The van der Waals surface area contributed by atoms with Gasteiger partial charge >= 0.3 is 0 Å². The summed E-state index contributed by atoms with van der Waals surface area (Å²) in [7, 11) is 0. The Morgan fingerprint density at radius 3 is 1.40 bits per heavy atom. The fourth-order valence-electron chi connectivity index (χ4n) is 2.56. The molecule has 0 saturated heterocycles. The monoisotopic (exact) mass is 400 g/mol. The molecular weight excluding hydrogens is 392 g/mol. The van der Waals surface area contributed by atoms with Crippen LogP contribution < -0.4 is 0 Å². The zero-order valence-corrected chi connectivity index (χ0v) is 13.3. The van der Waals surface area contributed by atoms with Crippen LogP contribution in [0.2, 0.25) is 0 Å². The summed E-state index contributed by atoms with van der Waals surface area (Å²) in [5.74, 6) is -0.844. The Balaban J connectivity index is 2.41. The summed E-state index contributed by atoms with van der Waals surface area (Å²) in [6.07, 6.45) is 1.34. The number of hydrogen-bond acceptors (Lipinski definition) is 4. The molecule has 0 bridgehead atoms. The van der Waals surface area contributed by atoms with Crippen LogP contribution in [0.4, 0.5) is 0 Å². The number of benzene rings is 2. The fraction of sp³-hybridized carbons (Fsp3) is 0.143. The Morgan fingerprint density at radius 2 is 1.05 bits per heavy atom. The first-order valence-corrected chi connectivity index (χ1v) is 7.47. The van der Waals surface area contributed by atoms with Crippen molar-refractivity contribution in [2.45, 2.75) is 12.8 Å². The molecule has 0 amide bonds. The van der Waals surface area contributed by atoms with E-state index in [1.165, 1.54) is 12.1 Å². The van der Waals surface area contributed by atoms with Gasteiger partial charge in [-0.3, -0.25) is 0 Å². The second kappa shape index (κ2) is 4.56. The van der Waals surface area contributed by atoms with E-state index in [-0.39, 0.29) is 23.0 Å². The average Bonchev–Trinajstić information content (AvgIpc) is 2.42. The maximum atomic E-state index is 9.88. The van der Waals surface area contributed by atoms with Crippen molar-refractivity contribution in [3.05, 3.63) is 32.2 Å². The van der Waals surface area contributed by atoms with E-state index in [2.05, 4.69) is 31.9 Å². The summed E-state index contributed by atoms with van der Waals surface area (Å²) in [6.45, 7) is 0. The summed E-state index contributed by atoms with van der Waals surface area (Å²) in [4.78, 5) is 0. The van der Waals surface area contributed by atoms with Crippen LogP contribution in [0.1, 0.15) is 11.1 Å². The molecule has 0 atom stereocenters. The van der Waals surface area contributed by atoms with Crippen molar-refractivity contribution in [2.24, 2.45) is 0 Å². The predicted molar refractivity (Wildman–Crippen MR) is 81.3 cm³/mol. The molecule has 0 aromatic heterocycles. The van der Waals surface area contributed by atoms with Crippen LogP contribution in [-0.4, -0.2) is 20.4 Å². The molecule has 4 nitrogen and oxygen atoms in total. The lowest BCUT2D eigenvalue weighted by Crippen LogP contribution is -2.05. The number of aryl methyl sites for hydroxylation is 2. The SMILES string of the molecule is Oc1cc2c(c(Br)c1O)-c1c(cc(O)c(O)c1Br)CC2. The molecule has 6 heteroatoms. The first kappa shape index (κ1) is 13.6. The van der Waals surface area contributed by atoms with Gasteiger partial charge in [0.1, 0.15) is 0 Å². The van der Waals surface area contributed by atoms with Crippen LogP contribution in [0.3, 0.4) is 0 Å². The van der Waals surface area contributed by atoms with E-state index in [9.17, 15) is 20.4 Å².